The molecule has 1 heterocycles. The molecule has 1 fully saturated rings. The van der Waals surface area contributed by atoms with Crippen molar-refractivity contribution in [2.24, 2.45) is 5.73 Å². The van der Waals surface area contributed by atoms with Gasteiger partial charge in [-0.05, 0) is 12.1 Å². The van der Waals surface area contributed by atoms with Crippen molar-refractivity contribution in [2.75, 3.05) is 13.1 Å². The normalized spacial score (nSPS) is 17.1. The van der Waals surface area contributed by atoms with Crippen LogP contribution in [-0.2, 0) is 6.54 Å². The number of nitro benzene ring substituents is 1. The van der Waals surface area contributed by atoms with E-state index in [1.54, 1.807) is 6.07 Å². The van der Waals surface area contributed by atoms with Gasteiger partial charge >= 0.3 is 0 Å². The van der Waals surface area contributed by atoms with Gasteiger partial charge in [0.2, 0.25) is 0 Å². The zero-order chi connectivity index (χ0) is 11.7. The molecule has 1 aromatic carbocycles. The van der Waals surface area contributed by atoms with Crippen molar-refractivity contribution in [1.82, 2.24) is 4.90 Å². The van der Waals surface area contributed by atoms with Gasteiger partial charge in [-0.3, -0.25) is 15.0 Å². The van der Waals surface area contributed by atoms with Crippen molar-refractivity contribution in [1.29, 1.82) is 0 Å². The maximum atomic E-state index is 10.9. The van der Waals surface area contributed by atoms with E-state index in [0.717, 1.165) is 23.1 Å². The molecule has 1 aromatic rings. The minimum atomic E-state index is -0.347. The van der Waals surface area contributed by atoms with Crippen LogP contribution in [0.25, 0.3) is 0 Å². The lowest BCUT2D eigenvalue weighted by atomic mass is 10.1. The Hall–Kier alpha value is -0.980. The standard InChI is InChI=1S/C10H12BrN3O2/c11-8-2-1-7(10(3-8)14(15)16)4-13-5-9(12)6-13/h1-3,9H,4-6,12H2. The average molecular weight is 286 g/mol. The van der Waals surface area contributed by atoms with Crippen LogP contribution in [0.1, 0.15) is 5.56 Å². The Labute approximate surface area is 102 Å². The summed E-state index contributed by atoms with van der Waals surface area (Å²) in [5.74, 6) is 0. The number of hydrogen-bond acceptors (Lipinski definition) is 4. The fraction of sp³-hybridized carbons (Fsp3) is 0.400. The third-order valence-electron chi connectivity index (χ3n) is 2.62. The molecule has 0 radical (unpaired) electrons. The largest absolute Gasteiger partial charge is 0.325 e. The molecule has 0 saturated carbocycles. The molecule has 0 amide bonds. The molecule has 0 atom stereocenters. The van der Waals surface area contributed by atoms with Crippen LogP contribution in [0.15, 0.2) is 22.7 Å². The minimum absolute atomic E-state index is 0.162. The molecule has 0 aliphatic carbocycles. The maximum absolute atomic E-state index is 10.9. The van der Waals surface area contributed by atoms with Crippen LogP contribution >= 0.6 is 15.9 Å². The molecule has 0 bridgehead atoms. The summed E-state index contributed by atoms with van der Waals surface area (Å²) in [6, 6.07) is 5.36. The topological polar surface area (TPSA) is 72.4 Å². The number of rotatable bonds is 3. The van der Waals surface area contributed by atoms with Crippen LogP contribution in [0, 0.1) is 10.1 Å². The summed E-state index contributed by atoms with van der Waals surface area (Å²) in [6.07, 6.45) is 0. The van der Waals surface area contributed by atoms with Crippen LogP contribution < -0.4 is 5.73 Å². The van der Waals surface area contributed by atoms with E-state index in [1.807, 2.05) is 6.07 Å². The first-order valence-corrected chi connectivity index (χ1v) is 5.76. The highest BCUT2D eigenvalue weighted by molar-refractivity contribution is 9.10. The van der Waals surface area contributed by atoms with Crippen molar-refractivity contribution < 1.29 is 4.92 Å². The van der Waals surface area contributed by atoms with Gasteiger partial charge < -0.3 is 5.73 Å². The molecular weight excluding hydrogens is 274 g/mol. The second-order valence-electron chi connectivity index (χ2n) is 3.98. The van der Waals surface area contributed by atoms with Crippen molar-refractivity contribution in [3.8, 4) is 0 Å². The fourth-order valence-electron chi connectivity index (χ4n) is 1.82. The first-order chi connectivity index (χ1) is 7.56. The summed E-state index contributed by atoms with van der Waals surface area (Å²) in [6.45, 7) is 2.22. The molecule has 16 heavy (non-hydrogen) atoms. The first-order valence-electron chi connectivity index (χ1n) is 4.97. The van der Waals surface area contributed by atoms with Crippen molar-refractivity contribution >= 4 is 21.6 Å². The van der Waals surface area contributed by atoms with Gasteiger partial charge in [-0.2, -0.15) is 0 Å². The predicted molar refractivity (Wildman–Crippen MR) is 64.0 cm³/mol. The predicted octanol–water partition coefficient (Wildman–Crippen LogP) is 1.50. The Morgan fingerprint density at radius 1 is 1.56 bits per heavy atom. The zero-order valence-corrected chi connectivity index (χ0v) is 10.2. The van der Waals surface area contributed by atoms with Gasteiger partial charge in [-0.25, -0.2) is 0 Å². The second kappa shape index (κ2) is 4.48. The van der Waals surface area contributed by atoms with Gasteiger partial charge in [-0.1, -0.05) is 15.9 Å². The fourth-order valence-corrected chi connectivity index (χ4v) is 2.17. The highest BCUT2D eigenvalue weighted by Gasteiger charge is 2.25. The number of benzene rings is 1. The van der Waals surface area contributed by atoms with E-state index in [0.29, 0.717) is 6.54 Å². The van der Waals surface area contributed by atoms with Crippen molar-refractivity contribution in [2.45, 2.75) is 12.6 Å². The summed E-state index contributed by atoms with van der Waals surface area (Å²) in [4.78, 5) is 12.6. The molecular formula is C10H12BrN3O2. The molecule has 0 aromatic heterocycles. The monoisotopic (exact) mass is 285 g/mol. The molecule has 1 aliphatic rings. The summed E-state index contributed by atoms with van der Waals surface area (Å²) in [7, 11) is 0. The van der Waals surface area contributed by atoms with Gasteiger partial charge in [0.15, 0.2) is 0 Å². The second-order valence-corrected chi connectivity index (χ2v) is 4.90. The Morgan fingerprint density at radius 2 is 2.25 bits per heavy atom. The van der Waals surface area contributed by atoms with E-state index in [1.165, 1.54) is 6.07 Å². The molecule has 86 valence electrons. The maximum Gasteiger partial charge on any atom is 0.275 e. The molecule has 6 heteroatoms. The van der Waals surface area contributed by atoms with Gasteiger partial charge in [-0.15, -0.1) is 0 Å². The third-order valence-corrected chi connectivity index (χ3v) is 3.12. The van der Waals surface area contributed by atoms with Crippen LogP contribution in [0.5, 0.6) is 0 Å². The van der Waals surface area contributed by atoms with Gasteiger partial charge in [0.25, 0.3) is 5.69 Å². The lowest BCUT2D eigenvalue weighted by molar-refractivity contribution is -0.385. The molecule has 5 nitrogen and oxygen atoms in total. The number of nitrogens with zero attached hydrogens (tertiary/aromatic N) is 2. The molecule has 2 N–H and O–H groups in total. The average Bonchev–Trinajstić information content (AvgIpc) is 2.17. The molecule has 1 saturated heterocycles. The van der Waals surface area contributed by atoms with E-state index in [4.69, 9.17) is 5.73 Å². The van der Waals surface area contributed by atoms with Gasteiger partial charge in [0.1, 0.15) is 0 Å². The van der Waals surface area contributed by atoms with Crippen LogP contribution in [-0.4, -0.2) is 29.0 Å². The number of nitrogens with two attached hydrogens (primary N) is 1. The van der Waals surface area contributed by atoms with E-state index in [-0.39, 0.29) is 16.7 Å². The number of nitro groups is 1. The Morgan fingerprint density at radius 3 is 2.81 bits per heavy atom. The highest BCUT2D eigenvalue weighted by atomic mass is 79.9. The van der Waals surface area contributed by atoms with Crippen molar-refractivity contribution in [3.63, 3.8) is 0 Å². The van der Waals surface area contributed by atoms with Crippen LogP contribution in [0.3, 0.4) is 0 Å². The first kappa shape index (κ1) is 11.5. The Balaban J connectivity index is 2.16. The number of likely N-dealkylation sites (tertiary alicyclic amines) is 1. The summed E-state index contributed by atoms with van der Waals surface area (Å²) in [5.41, 5.74) is 6.56. The quantitative estimate of drug-likeness (QED) is 0.675. The van der Waals surface area contributed by atoms with E-state index in [2.05, 4.69) is 20.8 Å². The minimum Gasteiger partial charge on any atom is -0.325 e. The zero-order valence-electron chi connectivity index (χ0n) is 8.60. The summed E-state index contributed by atoms with van der Waals surface area (Å²) < 4.78 is 0.725. The Bertz CT molecular complexity index is 419. The lowest BCUT2D eigenvalue weighted by Gasteiger charge is -2.36. The summed E-state index contributed by atoms with van der Waals surface area (Å²) in [5, 5.41) is 10.9. The van der Waals surface area contributed by atoms with Crippen LogP contribution in [0.4, 0.5) is 5.69 Å². The van der Waals surface area contributed by atoms with E-state index >= 15 is 0 Å². The van der Waals surface area contributed by atoms with E-state index in [9.17, 15) is 10.1 Å². The highest BCUT2D eigenvalue weighted by Crippen LogP contribution is 2.25. The Kier molecular flexibility index (Phi) is 3.22. The molecule has 0 spiro atoms. The third kappa shape index (κ3) is 2.40. The van der Waals surface area contributed by atoms with Gasteiger partial charge in [0, 0.05) is 41.8 Å². The molecule has 1 aliphatic heterocycles. The summed E-state index contributed by atoms with van der Waals surface area (Å²) >= 11 is 3.23. The molecule has 2 rings (SSSR count). The smallest absolute Gasteiger partial charge is 0.275 e. The van der Waals surface area contributed by atoms with E-state index < -0.39 is 0 Å². The SMILES string of the molecule is NC1CN(Cc2ccc(Br)cc2[N+](=O)[O-])C1. The number of hydrogen-bond donors (Lipinski definition) is 1. The van der Waals surface area contributed by atoms with Gasteiger partial charge in [0.05, 0.1) is 4.92 Å². The molecule has 0 unspecified atom stereocenters. The van der Waals surface area contributed by atoms with Crippen molar-refractivity contribution in [3.05, 3.63) is 38.3 Å². The van der Waals surface area contributed by atoms with Crippen LogP contribution in [0.2, 0.25) is 0 Å². The lowest BCUT2D eigenvalue weighted by Crippen LogP contribution is -2.54. The number of halogens is 1.